The van der Waals surface area contributed by atoms with Gasteiger partial charge in [-0.1, -0.05) is 301 Å². The second-order valence-electron chi connectivity index (χ2n) is 22.8. The molecule has 436 valence electrons. The van der Waals surface area contributed by atoms with E-state index >= 15 is 0 Å². The number of hydrogen-bond donors (Lipinski definition) is 3. The van der Waals surface area contributed by atoms with E-state index in [2.05, 4.69) is 55.6 Å². The zero-order valence-electron chi connectivity index (χ0n) is 49.8. The van der Waals surface area contributed by atoms with Gasteiger partial charge in [0.05, 0.1) is 25.4 Å². The maximum atomic E-state index is 12.5. The summed E-state index contributed by atoms with van der Waals surface area (Å²) in [5, 5.41) is 23.4. The van der Waals surface area contributed by atoms with Crippen molar-refractivity contribution < 1.29 is 24.5 Å². The lowest BCUT2D eigenvalue weighted by Crippen LogP contribution is -2.45. The molecule has 0 aliphatic heterocycles. The molecular formula is C68H129NO5. The summed E-state index contributed by atoms with van der Waals surface area (Å²) in [5.74, 6) is -0.0424. The van der Waals surface area contributed by atoms with Crippen LogP contribution < -0.4 is 5.32 Å². The lowest BCUT2D eigenvalue weighted by molar-refractivity contribution is -0.143. The molecule has 2 unspecified atom stereocenters. The molecule has 0 saturated heterocycles. The number of ether oxygens (including phenoxy) is 1. The average Bonchev–Trinajstić information content (AvgIpc) is 3.40. The summed E-state index contributed by atoms with van der Waals surface area (Å²) in [4.78, 5) is 24.6. The second-order valence-corrected chi connectivity index (χ2v) is 22.8. The predicted molar refractivity (Wildman–Crippen MR) is 324 cm³/mol. The number of aliphatic hydroxyl groups is 2. The van der Waals surface area contributed by atoms with E-state index in [0.29, 0.717) is 25.9 Å². The average molecular weight is 1040 g/mol. The van der Waals surface area contributed by atoms with E-state index in [-0.39, 0.29) is 18.5 Å². The van der Waals surface area contributed by atoms with Gasteiger partial charge in [-0.2, -0.15) is 0 Å². The van der Waals surface area contributed by atoms with Crippen molar-refractivity contribution >= 4 is 11.9 Å². The van der Waals surface area contributed by atoms with Crippen molar-refractivity contribution in [3.63, 3.8) is 0 Å². The minimum atomic E-state index is -0.670. The molecule has 0 heterocycles. The first-order valence-electron chi connectivity index (χ1n) is 33.2. The molecule has 0 aromatic carbocycles. The fourth-order valence-corrected chi connectivity index (χ4v) is 10.3. The smallest absolute Gasteiger partial charge is 0.305 e. The van der Waals surface area contributed by atoms with Crippen LogP contribution in [0, 0.1) is 0 Å². The van der Waals surface area contributed by atoms with E-state index in [9.17, 15) is 19.8 Å². The normalized spacial score (nSPS) is 12.8. The van der Waals surface area contributed by atoms with Crippen LogP contribution in [0.4, 0.5) is 0 Å². The monoisotopic (exact) mass is 1040 g/mol. The Morgan fingerprint density at radius 1 is 0.378 bits per heavy atom. The first-order valence-corrected chi connectivity index (χ1v) is 33.2. The van der Waals surface area contributed by atoms with Crippen molar-refractivity contribution in [2.45, 2.75) is 373 Å². The van der Waals surface area contributed by atoms with Gasteiger partial charge < -0.3 is 20.3 Å². The summed E-state index contributed by atoms with van der Waals surface area (Å²) in [6, 6.07) is -0.548. The second kappa shape index (κ2) is 63.6. The third-order valence-electron chi connectivity index (χ3n) is 15.4. The number of carbonyl (C=O) groups is 2. The number of nitrogens with one attached hydrogen (secondary N) is 1. The summed E-state index contributed by atoms with van der Waals surface area (Å²) in [6.07, 6.45) is 80.2. The molecule has 0 aliphatic carbocycles. The first-order chi connectivity index (χ1) is 36.5. The Hall–Kier alpha value is -1.92. The standard InChI is InChI=1S/C68H129NO5/c1-3-5-7-9-11-13-15-17-19-21-26-29-32-36-40-44-48-52-56-60-66(71)65(64-70)69-67(72)61-57-53-49-45-41-37-33-30-27-24-22-23-25-28-31-35-39-43-47-51-55-59-63-74-68(73)62-58-54-50-46-42-38-34-20-18-16-14-12-10-8-6-4-2/h14,16,20,24,27,34,65-66,70-71H,3-13,15,17-19,21-23,25-26,28-33,35-64H2,1-2H3,(H,69,72)/b16-14-,27-24-,34-20-. The number of carbonyl (C=O) groups excluding carboxylic acids is 2. The van der Waals surface area contributed by atoms with Crippen molar-refractivity contribution in [2.24, 2.45) is 0 Å². The highest BCUT2D eigenvalue weighted by Gasteiger charge is 2.20. The minimum Gasteiger partial charge on any atom is -0.466 e. The molecule has 2 atom stereocenters. The number of allylic oxidation sites excluding steroid dienone is 6. The van der Waals surface area contributed by atoms with Crippen LogP contribution in [-0.4, -0.2) is 47.4 Å². The summed E-state index contributed by atoms with van der Waals surface area (Å²) in [6.45, 7) is 4.95. The van der Waals surface area contributed by atoms with Gasteiger partial charge in [-0.05, 0) is 83.5 Å². The maximum absolute atomic E-state index is 12.5. The number of aliphatic hydroxyl groups excluding tert-OH is 2. The maximum Gasteiger partial charge on any atom is 0.305 e. The van der Waals surface area contributed by atoms with Crippen LogP contribution >= 0.6 is 0 Å². The number of unbranched alkanes of at least 4 members (excludes halogenated alkanes) is 45. The molecule has 3 N–H and O–H groups in total. The molecule has 0 aromatic heterocycles. The first kappa shape index (κ1) is 72.1. The Bertz CT molecular complexity index is 1200. The molecule has 0 aromatic rings. The van der Waals surface area contributed by atoms with Gasteiger partial charge in [-0.3, -0.25) is 9.59 Å². The van der Waals surface area contributed by atoms with Gasteiger partial charge in [0, 0.05) is 12.8 Å². The highest BCUT2D eigenvalue weighted by Crippen LogP contribution is 2.18. The Morgan fingerprint density at radius 3 is 1.05 bits per heavy atom. The van der Waals surface area contributed by atoms with Gasteiger partial charge in [0.25, 0.3) is 0 Å². The lowest BCUT2D eigenvalue weighted by atomic mass is 10.0. The molecule has 6 nitrogen and oxygen atoms in total. The minimum absolute atomic E-state index is 0.00309. The Kier molecular flexibility index (Phi) is 62.0. The molecule has 6 heteroatoms. The van der Waals surface area contributed by atoms with Crippen LogP contribution in [0.5, 0.6) is 0 Å². The number of esters is 1. The molecule has 74 heavy (non-hydrogen) atoms. The van der Waals surface area contributed by atoms with Gasteiger partial charge >= 0.3 is 5.97 Å². The van der Waals surface area contributed by atoms with Crippen LogP contribution in [-0.2, 0) is 14.3 Å². The summed E-state index contributed by atoms with van der Waals surface area (Å²) < 4.78 is 5.48. The van der Waals surface area contributed by atoms with E-state index in [1.165, 1.54) is 276 Å². The van der Waals surface area contributed by atoms with Gasteiger partial charge in [-0.25, -0.2) is 0 Å². The molecule has 0 radical (unpaired) electrons. The van der Waals surface area contributed by atoms with Crippen molar-refractivity contribution in [1.82, 2.24) is 5.32 Å². The third kappa shape index (κ3) is 59.3. The fourth-order valence-electron chi connectivity index (χ4n) is 10.3. The van der Waals surface area contributed by atoms with E-state index in [1.54, 1.807) is 0 Å². The Morgan fingerprint density at radius 2 is 0.676 bits per heavy atom. The van der Waals surface area contributed by atoms with E-state index < -0.39 is 12.1 Å². The van der Waals surface area contributed by atoms with Gasteiger partial charge in [0.2, 0.25) is 5.91 Å². The van der Waals surface area contributed by atoms with Crippen molar-refractivity contribution in [1.29, 1.82) is 0 Å². The number of rotatable bonds is 62. The van der Waals surface area contributed by atoms with Gasteiger partial charge in [0.1, 0.15) is 0 Å². The van der Waals surface area contributed by atoms with Crippen LogP contribution in [0.3, 0.4) is 0 Å². The number of hydrogen-bond acceptors (Lipinski definition) is 5. The van der Waals surface area contributed by atoms with Crippen LogP contribution in [0.1, 0.15) is 361 Å². The summed E-state index contributed by atoms with van der Waals surface area (Å²) in [5.41, 5.74) is 0. The zero-order valence-corrected chi connectivity index (χ0v) is 49.8. The third-order valence-corrected chi connectivity index (χ3v) is 15.4. The van der Waals surface area contributed by atoms with Crippen molar-refractivity contribution in [3.8, 4) is 0 Å². The highest BCUT2D eigenvalue weighted by atomic mass is 16.5. The molecule has 0 saturated carbocycles. The lowest BCUT2D eigenvalue weighted by Gasteiger charge is -2.22. The quantitative estimate of drug-likeness (QED) is 0.0320. The summed E-state index contributed by atoms with van der Waals surface area (Å²) in [7, 11) is 0. The van der Waals surface area contributed by atoms with Crippen molar-refractivity contribution in [2.75, 3.05) is 13.2 Å². The van der Waals surface area contributed by atoms with Crippen LogP contribution in [0.15, 0.2) is 36.5 Å². The fraction of sp³-hybridized carbons (Fsp3) is 0.882. The predicted octanol–water partition coefficient (Wildman–Crippen LogP) is 21.1. The molecule has 0 aliphatic rings. The largest absolute Gasteiger partial charge is 0.466 e. The van der Waals surface area contributed by atoms with Crippen LogP contribution in [0.2, 0.25) is 0 Å². The Labute approximate surface area is 462 Å². The molecule has 0 bridgehead atoms. The zero-order chi connectivity index (χ0) is 53.6. The van der Waals surface area contributed by atoms with Gasteiger partial charge in [-0.15, -0.1) is 0 Å². The highest BCUT2D eigenvalue weighted by molar-refractivity contribution is 5.76. The van der Waals surface area contributed by atoms with Crippen LogP contribution in [0.25, 0.3) is 0 Å². The van der Waals surface area contributed by atoms with E-state index in [4.69, 9.17) is 4.74 Å². The molecule has 0 spiro atoms. The number of amides is 1. The van der Waals surface area contributed by atoms with Gasteiger partial charge in [0.15, 0.2) is 0 Å². The molecular weight excluding hydrogens is 911 g/mol. The molecule has 1 amide bonds. The van der Waals surface area contributed by atoms with E-state index in [0.717, 1.165) is 51.4 Å². The topological polar surface area (TPSA) is 95.9 Å². The van der Waals surface area contributed by atoms with E-state index in [1.807, 2.05) is 0 Å². The Balaban J connectivity index is 3.42. The van der Waals surface area contributed by atoms with Crippen molar-refractivity contribution in [3.05, 3.63) is 36.5 Å². The summed E-state index contributed by atoms with van der Waals surface area (Å²) >= 11 is 0. The molecule has 0 rings (SSSR count). The molecule has 0 fully saturated rings. The SMILES string of the molecule is CCCCCC/C=C\C/C=C\CCCCCCCC(=O)OCCCCCCCCCCCCC/C=C\CCCCCCCCCC(=O)NC(CO)C(O)CCCCCCCCCCCCCCCCCCCCC.